The number of hydrogen-bond acceptors (Lipinski definition) is 3. The van der Waals surface area contributed by atoms with E-state index in [2.05, 4.69) is 6.92 Å². The highest BCUT2D eigenvalue weighted by Crippen LogP contribution is 2.09. The summed E-state index contributed by atoms with van der Waals surface area (Å²) in [5, 5.41) is 17.6. The highest BCUT2D eigenvalue weighted by molar-refractivity contribution is 4.53. The lowest BCUT2D eigenvalue weighted by Gasteiger charge is -2.17. The second-order valence-corrected chi connectivity index (χ2v) is 5.07. The quantitative estimate of drug-likeness (QED) is 0.385. The first-order valence-electron chi connectivity index (χ1n) is 7.21. The molecule has 0 heterocycles. The molecule has 3 nitrogen and oxygen atoms in total. The summed E-state index contributed by atoms with van der Waals surface area (Å²) in [5.41, 5.74) is 0. The highest BCUT2D eigenvalue weighted by atomic mass is 79.9. The largest absolute Gasteiger partial charge is 1.00 e. The predicted molar refractivity (Wildman–Crippen MR) is 72.9 cm³/mol. The van der Waals surface area contributed by atoms with Crippen molar-refractivity contribution in [3.63, 3.8) is 0 Å². The van der Waals surface area contributed by atoms with Crippen LogP contribution in [0.5, 0.6) is 0 Å². The fraction of sp³-hybridized carbons (Fsp3) is 1.00. The van der Waals surface area contributed by atoms with Gasteiger partial charge in [-0.1, -0.05) is 58.3 Å². The fourth-order valence-corrected chi connectivity index (χ4v) is 2.06. The Hall–Kier alpha value is 0.360. The summed E-state index contributed by atoms with van der Waals surface area (Å²) in [6.45, 7) is 3.57. The van der Waals surface area contributed by atoms with Gasteiger partial charge in [0, 0.05) is 6.54 Å². The van der Waals surface area contributed by atoms with Gasteiger partial charge in [0.25, 0.3) is 0 Å². The van der Waals surface area contributed by atoms with Crippen LogP contribution in [-0.2, 0) is 0 Å². The molecule has 0 aliphatic rings. The smallest absolute Gasteiger partial charge is 0.164 e. The van der Waals surface area contributed by atoms with Crippen molar-refractivity contribution in [3.8, 4) is 0 Å². The van der Waals surface area contributed by atoms with Crippen molar-refractivity contribution in [2.75, 3.05) is 20.1 Å². The van der Waals surface area contributed by atoms with Crippen molar-refractivity contribution in [3.05, 3.63) is 0 Å². The Morgan fingerprint density at radius 2 is 1.28 bits per heavy atom. The van der Waals surface area contributed by atoms with Crippen LogP contribution in [0.15, 0.2) is 0 Å². The van der Waals surface area contributed by atoms with E-state index in [1.165, 1.54) is 51.4 Å². The molecule has 2 N–H and O–H groups in total. The molecule has 18 heavy (non-hydrogen) atoms. The lowest BCUT2D eigenvalue weighted by atomic mass is 10.1. The topological polar surface area (TPSA) is 43.7 Å². The van der Waals surface area contributed by atoms with Gasteiger partial charge in [0.1, 0.15) is 0 Å². The van der Waals surface area contributed by atoms with Crippen molar-refractivity contribution in [1.82, 2.24) is 4.90 Å². The standard InChI is InChI=1S/C14H31NO2.BrH/c1-3-4-5-6-7-8-9-10-11-12-15(2)13-14(16)17;/h14,16-17H,3-13H2,1-2H3;1H/p-1. The monoisotopic (exact) mass is 324 g/mol. The Morgan fingerprint density at radius 1 is 0.833 bits per heavy atom. The zero-order valence-electron chi connectivity index (χ0n) is 12.1. The SMILES string of the molecule is CCCCCCCCCCCN(C)CC(O)O.[Br-]. The molecule has 0 fully saturated rings. The molecule has 0 aromatic heterocycles. The normalized spacial score (nSPS) is 11.0. The third kappa shape index (κ3) is 16.4. The number of aliphatic hydroxyl groups is 2. The fourth-order valence-electron chi connectivity index (χ4n) is 2.06. The van der Waals surface area contributed by atoms with Crippen LogP contribution >= 0.6 is 0 Å². The number of aliphatic hydroxyl groups excluding tert-OH is 1. The van der Waals surface area contributed by atoms with Gasteiger partial charge in [0.05, 0.1) is 0 Å². The number of hydrogen-bond donors (Lipinski definition) is 2. The summed E-state index contributed by atoms with van der Waals surface area (Å²) in [5.74, 6) is 0. The van der Waals surface area contributed by atoms with Gasteiger partial charge in [-0.15, -0.1) is 0 Å². The van der Waals surface area contributed by atoms with Crippen LogP contribution in [0.25, 0.3) is 0 Å². The van der Waals surface area contributed by atoms with E-state index < -0.39 is 6.29 Å². The van der Waals surface area contributed by atoms with Crippen molar-refractivity contribution < 1.29 is 27.2 Å². The Balaban J connectivity index is 0. The molecule has 0 aromatic rings. The minimum absolute atomic E-state index is 0. The van der Waals surface area contributed by atoms with Crippen LogP contribution < -0.4 is 17.0 Å². The van der Waals surface area contributed by atoms with Gasteiger partial charge in [-0.25, -0.2) is 0 Å². The Labute approximate surface area is 123 Å². The average Bonchev–Trinajstić information content (AvgIpc) is 2.26. The first kappa shape index (κ1) is 20.7. The van der Waals surface area contributed by atoms with Crippen LogP contribution in [-0.4, -0.2) is 41.5 Å². The third-order valence-electron chi connectivity index (χ3n) is 3.12. The molecule has 0 amide bonds. The number of halogens is 1. The number of rotatable bonds is 12. The second kappa shape index (κ2) is 15.4. The summed E-state index contributed by atoms with van der Waals surface area (Å²) >= 11 is 0. The molecular weight excluding hydrogens is 294 g/mol. The molecule has 0 spiro atoms. The van der Waals surface area contributed by atoms with Crippen molar-refractivity contribution in [2.45, 2.75) is 71.0 Å². The van der Waals surface area contributed by atoms with Gasteiger partial charge in [-0.2, -0.15) is 0 Å². The minimum atomic E-state index is -1.20. The lowest BCUT2D eigenvalue weighted by molar-refractivity contribution is -0.0573. The van der Waals surface area contributed by atoms with Crippen molar-refractivity contribution in [1.29, 1.82) is 0 Å². The first-order valence-corrected chi connectivity index (χ1v) is 7.21. The molecule has 0 aliphatic carbocycles. The molecule has 4 heteroatoms. The molecule has 0 radical (unpaired) electrons. The minimum Gasteiger partial charge on any atom is -1.00 e. The maximum Gasteiger partial charge on any atom is 0.164 e. The van der Waals surface area contributed by atoms with E-state index >= 15 is 0 Å². The molecule has 0 aliphatic heterocycles. The van der Waals surface area contributed by atoms with Crippen LogP contribution in [0.1, 0.15) is 64.7 Å². The van der Waals surface area contributed by atoms with Gasteiger partial charge in [0.15, 0.2) is 6.29 Å². The van der Waals surface area contributed by atoms with E-state index in [9.17, 15) is 0 Å². The van der Waals surface area contributed by atoms with Gasteiger partial charge in [0.2, 0.25) is 0 Å². The second-order valence-electron chi connectivity index (χ2n) is 5.07. The number of nitrogens with zero attached hydrogens (tertiary/aromatic N) is 1. The van der Waals surface area contributed by atoms with Crippen LogP contribution in [0.3, 0.4) is 0 Å². The zero-order valence-corrected chi connectivity index (χ0v) is 13.7. The number of unbranched alkanes of at least 4 members (excludes halogenated alkanes) is 8. The summed E-state index contributed by atoms with van der Waals surface area (Å²) in [4.78, 5) is 1.98. The molecule has 0 rings (SSSR count). The zero-order chi connectivity index (χ0) is 12.9. The van der Waals surface area contributed by atoms with Gasteiger partial charge in [-0.05, 0) is 20.0 Å². The maximum atomic E-state index is 8.78. The Bertz CT molecular complexity index is 157. The van der Waals surface area contributed by atoms with E-state index in [4.69, 9.17) is 10.2 Å². The van der Waals surface area contributed by atoms with E-state index in [0.717, 1.165) is 13.0 Å². The molecule has 0 saturated carbocycles. The summed E-state index contributed by atoms with van der Waals surface area (Å²) in [7, 11) is 1.93. The van der Waals surface area contributed by atoms with Crippen LogP contribution in [0.2, 0.25) is 0 Å². The van der Waals surface area contributed by atoms with Crippen LogP contribution in [0.4, 0.5) is 0 Å². The molecule has 0 saturated heterocycles. The van der Waals surface area contributed by atoms with E-state index in [-0.39, 0.29) is 17.0 Å². The van der Waals surface area contributed by atoms with Gasteiger partial charge in [-0.3, -0.25) is 0 Å². The van der Waals surface area contributed by atoms with E-state index in [1.54, 1.807) is 0 Å². The van der Waals surface area contributed by atoms with Crippen LogP contribution in [0, 0.1) is 0 Å². The summed E-state index contributed by atoms with van der Waals surface area (Å²) < 4.78 is 0. The van der Waals surface area contributed by atoms with Crippen molar-refractivity contribution in [2.24, 2.45) is 0 Å². The Kier molecular flexibility index (Phi) is 17.7. The summed E-state index contributed by atoms with van der Waals surface area (Å²) in [6.07, 6.45) is 10.8. The highest BCUT2D eigenvalue weighted by Gasteiger charge is 2.02. The molecule has 0 aromatic carbocycles. The first-order chi connectivity index (χ1) is 8.16. The van der Waals surface area contributed by atoms with Gasteiger partial charge < -0.3 is 32.1 Å². The van der Waals surface area contributed by atoms with E-state index in [1.807, 2.05) is 11.9 Å². The maximum absolute atomic E-state index is 8.78. The van der Waals surface area contributed by atoms with E-state index in [0.29, 0.717) is 6.54 Å². The number of likely N-dealkylation sites (N-methyl/N-ethyl adjacent to an activating group) is 1. The molecule has 112 valence electrons. The molecular formula is C14H31BrNO2-. The molecule has 0 bridgehead atoms. The van der Waals surface area contributed by atoms with Gasteiger partial charge >= 0.3 is 0 Å². The molecule has 0 atom stereocenters. The summed E-state index contributed by atoms with van der Waals surface area (Å²) in [6, 6.07) is 0. The Morgan fingerprint density at radius 3 is 1.72 bits per heavy atom. The lowest BCUT2D eigenvalue weighted by Crippen LogP contribution is -3.00. The average molecular weight is 325 g/mol. The predicted octanol–water partition coefficient (Wildman–Crippen LogP) is -0.236. The van der Waals surface area contributed by atoms with Crippen molar-refractivity contribution >= 4 is 0 Å². The molecule has 0 unspecified atom stereocenters. The third-order valence-corrected chi connectivity index (χ3v) is 3.12.